The highest BCUT2D eigenvalue weighted by Gasteiger charge is 2.49. The molecule has 140 valence electrons. The Bertz CT molecular complexity index is 846. The molecule has 27 heavy (non-hydrogen) atoms. The van der Waals surface area contributed by atoms with Crippen LogP contribution in [0.4, 0.5) is 5.69 Å². The van der Waals surface area contributed by atoms with Crippen molar-refractivity contribution < 1.29 is 19.1 Å². The van der Waals surface area contributed by atoms with E-state index >= 15 is 0 Å². The lowest BCUT2D eigenvalue weighted by atomic mass is 9.87. The summed E-state index contributed by atoms with van der Waals surface area (Å²) >= 11 is 0. The number of benzene rings is 2. The van der Waals surface area contributed by atoms with Gasteiger partial charge in [0.2, 0.25) is 0 Å². The summed E-state index contributed by atoms with van der Waals surface area (Å²) in [5, 5.41) is 3.15. The van der Waals surface area contributed by atoms with Crippen molar-refractivity contribution in [3.05, 3.63) is 71.9 Å². The van der Waals surface area contributed by atoms with E-state index in [1.54, 1.807) is 18.9 Å². The van der Waals surface area contributed by atoms with Crippen LogP contribution in [-0.2, 0) is 14.3 Å². The zero-order valence-corrected chi connectivity index (χ0v) is 15.5. The van der Waals surface area contributed by atoms with Gasteiger partial charge in [-0.2, -0.15) is 0 Å². The fourth-order valence-corrected chi connectivity index (χ4v) is 3.17. The molecule has 2 unspecified atom stereocenters. The second-order valence-corrected chi connectivity index (χ2v) is 6.23. The number of allylic oxidation sites excluding steroid dienone is 1. The summed E-state index contributed by atoms with van der Waals surface area (Å²) in [5.41, 5.74) is 2.38. The molecule has 2 atom stereocenters. The minimum absolute atomic E-state index is 0.0633. The normalized spacial score (nSPS) is 19.3. The summed E-state index contributed by atoms with van der Waals surface area (Å²) in [6.07, 6.45) is 1.34. The van der Waals surface area contributed by atoms with Gasteiger partial charge in [0.15, 0.2) is 0 Å². The molecule has 1 amide bonds. The average Bonchev–Trinajstić information content (AvgIpc) is 2.70. The smallest absolute Gasteiger partial charge is 0.332 e. The third-order valence-electron chi connectivity index (χ3n) is 4.51. The van der Waals surface area contributed by atoms with Gasteiger partial charge in [-0.1, -0.05) is 30.3 Å². The van der Waals surface area contributed by atoms with Crippen molar-refractivity contribution in [1.82, 2.24) is 5.32 Å². The molecule has 0 radical (unpaired) electrons. The van der Waals surface area contributed by atoms with Gasteiger partial charge in [0.05, 0.1) is 20.3 Å². The van der Waals surface area contributed by atoms with E-state index in [1.807, 2.05) is 54.6 Å². The van der Waals surface area contributed by atoms with Crippen molar-refractivity contribution in [2.75, 3.05) is 19.1 Å². The molecule has 0 spiro atoms. The first kappa shape index (κ1) is 18.5. The third-order valence-corrected chi connectivity index (χ3v) is 4.51. The van der Waals surface area contributed by atoms with Crippen LogP contribution in [-0.4, -0.2) is 32.1 Å². The minimum atomic E-state index is -0.463. The third kappa shape index (κ3) is 3.79. The van der Waals surface area contributed by atoms with Crippen LogP contribution in [0.25, 0.3) is 0 Å². The highest BCUT2D eigenvalue weighted by molar-refractivity contribution is 6.06. The number of esters is 1. The number of hydrogen-bond acceptors (Lipinski definition) is 5. The molecular formula is C21H22N2O4. The lowest BCUT2D eigenvalue weighted by Crippen LogP contribution is -2.64. The maximum atomic E-state index is 12.9. The predicted molar refractivity (Wildman–Crippen MR) is 102 cm³/mol. The highest BCUT2D eigenvalue weighted by Crippen LogP contribution is 2.40. The first-order valence-corrected chi connectivity index (χ1v) is 8.60. The molecule has 0 saturated carbocycles. The largest absolute Gasteiger partial charge is 0.497 e. The molecule has 6 heteroatoms. The van der Waals surface area contributed by atoms with Gasteiger partial charge in [0.25, 0.3) is 5.91 Å². The number of carbonyl (C=O) groups is 2. The Morgan fingerprint density at radius 1 is 1.07 bits per heavy atom. The van der Waals surface area contributed by atoms with Crippen molar-refractivity contribution >= 4 is 17.6 Å². The van der Waals surface area contributed by atoms with Crippen molar-refractivity contribution in [3.63, 3.8) is 0 Å². The van der Waals surface area contributed by atoms with Crippen LogP contribution in [0, 0.1) is 0 Å². The molecule has 2 aromatic rings. The number of rotatable bonds is 6. The molecule has 1 fully saturated rings. The Balaban J connectivity index is 1.89. The van der Waals surface area contributed by atoms with Crippen molar-refractivity contribution in [2.24, 2.45) is 0 Å². The van der Waals surface area contributed by atoms with Gasteiger partial charge in [0, 0.05) is 17.5 Å². The standard InChI is InChI=1S/C21H22N2O4/c1-14(13-18(24)27-3)22-19-20(15-7-5-4-6-8-15)23(21(19)25)16-9-11-17(26-2)12-10-16/h4-13,19-20,22H,1-3H3. The summed E-state index contributed by atoms with van der Waals surface area (Å²) in [4.78, 5) is 26.1. The zero-order valence-electron chi connectivity index (χ0n) is 15.5. The summed E-state index contributed by atoms with van der Waals surface area (Å²) < 4.78 is 9.84. The number of hydrogen-bond donors (Lipinski definition) is 1. The molecule has 1 heterocycles. The molecule has 1 N–H and O–H groups in total. The zero-order chi connectivity index (χ0) is 19.4. The van der Waals surface area contributed by atoms with Crippen molar-refractivity contribution in [3.8, 4) is 5.75 Å². The number of nitrogens with one attached hydrogen (secondary N) is 1. The Morgan fingerprint density at radius 3 is 2.33 bits per heavy atom. The van der Waals surface area contributed by atoms with Gasteiger partial charge in [-0.15, -0.1) is 0 Å². The first-order valence-electron chi connectivity index (χ1n) is 8.60. The minimum Gasteiger partial charge on any atom is -0.497 e. The van der Waals surface area contributed by atoms with Crippen LogP contribution in [0.3, 0.4) is 0 Å². The van der Waals surface area contributed by atoms with Crippen molar-refractivity contribution in [2.45, 2.75) is 19.0 Å². The number of nitrogens with zero attached hydrogens (tertiary/aromatic N) is 1. The molecule has 0 bridgehead atoms. The number of amides is 1. The van der Waals surface area contributed by atoms with Gasteiger partial charge in [-0.05, 0) is 36.8 Å². The molecule has 1 aliphatic heterocycles. The Labute approximate surface area is 158 Å². The van der Waals surface area contributed by atoms with Gasteiger partial charge in [-0.3, -0.25) is 4.79 Å². The predicted octanol–water partition coefficient (Wildman–Crippen LogP) is 2.82. The van der Waals surface area contributed by atoms with Crippen LogP contribution in [0.5, 0.6) is 5.75 Å². The topological polar surface area (TPSA) is 67.9 Å². The van der Waals surface area contributed by atoms with E-state index in [0.29, 0.717) is 5.70 Å². The molecule has 0 aromatic heterocycles. The van der Waals surface area contributed by atoms with Crippen LogP contribution in [0.15, 0.2) is 66.4 Å². The quantitative estimate of drug-likeness (QED) is 0.484. The Hall–Kier alpha value is -3.28. The highest BCUT2D eigenvalue weighted by atomic mass is 16.5. The molecular weight excluding hydrogens is 344 g/mol. The Morgan fingerprint density at radius 2 is 1.74 bits per heavy atom. The second kappa shape index (κ2) is 7.95. The van der Waals surface area contributed by atoms with Crippen LogP contribution >= 0.6 is 0 Å². The van der Waals surface area contributed by atoms with Crippen molar-refractivity contribution in [1.29, 1.82) is 0 Å². The number of methoxy groups -OCH3 is 2. The molecule has 1 aliphatic rings. The maximum Gasteiger partial charge on any atom is 0.332 e. The summed E-state index contributed by atoms with van der Waals surface area (Å²) in [7, 11) is 2.92. The number of ether oxygens (including phenoxy) is 2. The van der Waals surface area contributed by atoms with E-state index in [0.717, 1.165) is 17.0 Å². The SMILES string of the molecule is COC(=O)C=C(C)NC1C(=O)N(c2ccc(OC)cc2)C1c1ccccc1. The summed E-state index contributed by atoms with van der Waals surface area (Å²) in [6.45, 7) is 1.74. The maximum absolute atomic E-state index is 12.9. The lowest BCUT2D eigenvalue weighted by molar-refractivity contribution is -0.135. The van der Waals surface area contributed by atoms with Crippen LogP contribution in [0.2, 0.25) is 0 Å². The van der Waals surface area contributed by atoms with E-state index < -0.39 is 12.0 Å². The van der Waals surface area contributed by atoms with Crippen LogP contribution < -0.4 is 15.0 Å². The lowest BCUT2D eigenvalue weighted by Gasteiger charge is -2.48. The molecule has 1 saturated heterocycles. The number of β-lactam (4-membered cyclic amide) rings is 1. The molecule has 0 aliphatic carbocycles. The molecule has 3 rings (SSSR count). The van der Waals surface area contributed by atoms with Gasteiger partial charge in [-0.25, -0.2) is 4.79 Å². The van der Waals surface area contributed by atoms with Crippen LogP contribution in [0.1, 0.15) is 18.5 Å². The Kier molecular flexibility index (Phi) is 5.45. The van der Waals surface area contributed by atoms with Gasteiger partial charge >= 0.3 is 5.97 Å². The van der Waals surface area contributed by atoms with E-state index in [2.05, 4.69) is 10.1 Å². The first-order chi connectivity index (χ1) is 13.0. The molecule has 2 aromatic carbocycles. The second-order valence-electron chi connectivity index (χ2n) is 6.23. The average molecular weight is 366 g/mol. The summed E-state index contributed by atoms with van der Waals surface area (Å²) in [5.74, 6) is 0.205. The summed E-state index contributed by atoms with van der Waals surface area (Å²) in [6, 6.07) is 16.5. The van der Waals surface area contributed by atoms with E-state index in [4.69, 9.17) is 4.74 Å². The molecule has 6 nitrogen and oxygen atoms in total. The van der Waals surface area contributed by atoms with E-state index in [-0.39, 0.29) is 11.9 Å². The fraction of sp³-hybridized carbons (Fsp3) is 0.238. The monoisotopic (exact) mass is 366 g/mol. The number of anilines is 1. The van der Waals surface area contributed by atoms with E-state index in [9.17, 15) is 9.59 Å². The fourth-order valence-electron chi connectivity index (χ4n) is 3.17. The number of carbonyl (C=O) groups excluding carboxylic acids is 2. The van der Waals surface area contributed by atoms with Gasteiger partial charge in [0.1, 0.15) is 11.8 Å². The van der Waals surface area contributed by atoms with Gasteiger partial charge < -0.3 is 19.7 Å². The van der Waals surface area contributed by atoms with E-state index in [1.165, 1.54) is 13.2 Å².